The van der Waals surface area contributed by atoms with Gasteiger partial charge in [-0.05, 0) is 111 Å². The van der Waals surface area contributed by atoms with Crippen molar-refractivity contribution in [3.8, 4) is 0 Å². The first kappa shape index (κ1) is 24.1. The van der Waals surface area contributed by atoms with Crippen molar-refractivity contribution >= 4 is 11.9 Å². The molecule has 8 atom stereocenters. The first-order valence-corrected chi connectivity index (χ1v) is 13.7. The van der Waals surface area contributed by atoms with Gasteiger partial charge in [-0.25, -0.2) is 0 Å². The second-order valence-corrected chi connectivity index (χ2v) is 12.5. The highest BCUT2D eigenvalue weighted by Gasteiger charge is 2.60. The lowest BCUT2D eigenvalue weighted by Gasteiger charge is -2.61. The molecule has 0 saturated heterocycles. The van der Waals surface area contributed by atoms with Crippen LogP contribution in [-0.4, -0.2) is 23.5 Å². The smallest absolute Gasteiger partial charge is 0.303 e. The minimum absolute atomic E-state index is 0.0918. The van der Waals surface area contributed by atoms with Crippen LogP contribution >= 0.6 is 0 Å². The second-order valence-electron chi connectivity index (χ2n) is 12.5. The molecule has 4 aliphatic rings. The average Bonchev–Trinajstić information content (AvgIpc) is 3.12. The summed E-state index contributed by atoms with van der Waals surface area (Å²) in [5.74, 6) is 4.45. The van der Waals surface area contributed by atoms with Gasteiger partial charge in [-0.2, -0.15) is 0 Å². The third-order valence-corrected chi connectivity index (χ3v) is 11.1. The lowest BCUT2D eigenvalue weighted by molar-refractivity contribution is -0.137. The van der Waals surface area contributed by atoms with Gasteiger partial charge < -0.3 is 10.4 Å². The zero-order chi connectivity index (χ0) is 22.9. The Labute approximate surface area is 195 Å². The third-order valence-electron chi connectivity index (χ3n) is 11.1. The van der Waals surface area contributed by atoms with E-state index in [0.29, 0.717) is 36.1 Å². The first-order valence-electron chi connectivity index (χ1n) is 13.7. The molecule has 0 radical (unpaired) electrons. The summed E-state index contributed by atoms with van der Waals surface area (Å²) in [5, 5.41) is 11.6. The van der Waals surface area contributed by atoms with Crippen molar-refractivity contribution in [2.75, 3.05) is 6.54 Å². The summed E-state index contributed by atoms with van der Waals surface area (Å²) in [6.45, 7) is 8.15. The number of fused-ring (bicyclic) bond motifs is 5. The standard InChI is InChI=1S/C28H47NO3/c1-19(9-14-25(30)29-18-6-8-26(31)32)22-12-13-23-21-11-10-20-7-4-5-16-27(20,2)24(21)15-17-28(22,23)3/h19-24H,4-18H2,1-3H3,(H,29,30)(H,31,32)/t19-,20+,21+,22?,23?,24?,27?,28?/m1/s1. The van der Waals surface area contributed by atoms with Crippen molar-refractivity contribution in [3.63, 3.8) is 0 Å². The second kappa shape index (κ2) is 9.66. The zero-order valence-electron chi connectivity index (χ0n) is 20.8. The van der Waals surface area contributed by atoms with Gasteiger partial charge in [0.1, 0.15) is 0 Å². The molecule has 5 unspecified atom stereocenters. The van der Waals surface area contributed by atoms with Crippen LogP contribution in [0.15, 0.2) is 0 Å². The molecule has 0 aromatic heterocycles. The number of rotatable bonds is 8. The fraction of sp³-hybridized carbons (Fsp3) is 0.929. The van der Waals surface area contributed by atoms with E-state index in [9.17, 15) is 9.59 Å². The van der Waals surface area contributed by atoms with Crippen molar-refractivity contribution in [1.29, 1.82) is 0 Å². The number of amides is 1. The third kappa shape index (κ3) is 4.49. The lowest BCUT2D eigenvalue weighted by Crippen LogP contribution is -2.53. The summed E-state index contributed by atoms with van der Waals surface area (Å²) in [4.78, 5) is 22.9. The van der Waals surface area contributed by atoms with Crippen LogP contribution < -0.4 is 5.32 Å². The number of carbonyl (C=O) groups is 2. The van der Waals surface area contributed by atoms with Gasteiger partial charge in [0.25, 0.3) is 0 Å². The van der Waals surface area contributed by atoms with Gasteiger partial charge >= 0.3 is 5.97 Å². The van der Waals surface area contributed by atoms with E-state index in [1.54, 1.807) is 0 Å². The molecule has 4 rings (SSSR count). The maximum absolute atomic E-state index is 12.3. The summed E-state index contributed by atoms with van der Waals surface area (Å²) < 4.78 is 0. The van der Waals surface area contributed by atoms with Crippen molar-refractivity contribution in [2.45, 2.75) is 111 Å². The molecule has 1 amide bonds. The van der Waals surface area contributed by atoms with Crippen molar-refractivity contribution in [2.24, 2.45) is 46.3 Å². The van der Waals surface area contributed by atoms with E-state index in [4.69, 9.17) is 5.11 Å². The van der Waals surface area contributed by atoms with Gasteiger partial charge in [-0.15, -0.1) is 0 Å². The molecule has 0 aliphatic heterocycles. The van der Waals surface area contributed by atoms with E-state index in [2.05, 4.69) is 26.1 Å². The van der Waals surface area contributed by atoms with Crippen LogP contribution in [0.3, 0.4) is 0 Å². The predicted octanol–water partition coefficient (Wildman–Crippen LogP) is 6.43. The highest BCUT2D eigenvalue weighted by molar-refractivity contribution is 5.75. The highest BCUT2D eigenvalue weighted by atomic mass is 16.4. The fourth-order valence-electron chi connectivity index (χ4n) is 9.39. The van der Waals surface area contributed by atoms with E-state index in [1.807, 2.05) is 0 Å². The molecule has 0 heterocycles. The molecule has 0 spiro atoms. The Balaban J connectivity index is 1.32. The summed E-state index contributed by atoms with van der Waals surface area (Å²) in [6, 6.07) is 0. The number of nitrogens with one attached hydrogen (secondary N) is 1. The molecule has 4 heteroatoms. The van der Waals surface area contributed by atoms with Crippen LogP contribution in [-0.2, 0) is 9.59 Å². The highest BCUT2D eigenvalue weighted by Crippen LogP contribution is 2.68. The minimum atomic E-state index is -0.794. The molecule has 4 nitrogen and oxygen atoms in total. The Kier molecular flexibility index (Phi) is 7.27. The quantitative estimate of drug-likeness (QED) is 0.423. The summed E-state index contributed by atoms with van der Waals surface area (Å²) in [5.41, 5.74) is 1.08. The summed E-state index contributed by atoms with van der Waals surface area (Å²) in [7, 11) is 0. The van der Waals surface area contributed by atoms with Crippen LogP contribution in [0.5, 0.6) is 0 Å². The Bertz CT molecular complexity index is 692. The Morgan fingerprint density at radius 2 is 1.72 bits per heavy atom. The molecule has 2 N–H and O–H groups in total. The first-order chi connectivity index (χ1) is 15.3. The van der Waals surface area contributed by atoms with Crippen molar-refractivity contribution in [1.82, 2.24) is 5.32 Å². The molecule has 4 fully saturated rings. The van der Waals surface area contributed by atoms with Crippen LogP contribution in [0.25, 0.3) is 0 Å². The largest absolute Gasteiger partial charge is 0.481 e. The minimum Gasteiger partial charge on any atom is -0.481 e. The molecular weight excluding hydrogens is 398 g/mol. The Morgan fingerprint density at radius 1 is 0.938 bits per heavy atom. The fourth-order valence-corrected chi connectivity index (χ4v) is 9.39. The van der Waals surface area contributed by atoms with Gasteiger partial charge in [-0.3, -0.25) is 9.59 Å². The molecule has 182 valence electrons. The molecule has 0 aromatic carbocycles. The summed E-state index contributed by atoms with van der Waals surface area (Å²) >= 11 is 0. The Hall–Kier alpha value is -1.06. The van der Waals surface area contributed by atoms with Gasteiger partial charge in [0.2, 0.25) is 5.91 Å². The van der Waals surface area contributed by atoms with Crippen LogP contribution in [0.1, 0.15) is 111 Å². The maximum atomic E-state index is 12.3. The van der Waals surface area contributed by atoms with Gasteiger partial charge in [0, 0.05) is 19.4 Å². The lowest BCUT2D eigenvalue weighted by atomic mass is 9.44. The maximum Gasteiger partial charge on any atom is 0.303 e. The predicted molar refractivity (Wildman–Crippen MR) is 128 cm³/mol. The molecule has 0 bridgehead atoms. The molecule has 0 aromatic rings. The van der Waals surface area contributed by atoms with E-state index >= 15 is 0 Å². The van der Waals surface area contributed by atoms with E-state index in [0.717, 1.165) is 36.0 Å². The number of carbonyl (C=O) groups excluding carboxylic acids is 1. The van der Waals surface area contributed by atoms with Gasteiger partial charge in [-0.1, -0.05) is 33.6 Å². The van der Waals surface area contributed by atoms with Crippen molar-refractivity contribution < 1.29 is 14.7 Å². The molecule has 4 saturated carbocycles. The SMILES string of the molecule is C[C@H](CCC(=O)NCCCC(=O)O)C1CCC2[C@@H]3CC[C@@H]4CCCCC4(C)C3CCC21C. The van der Waals surface area contributed by atoms with Gasteiger partial charge in [0.05, 0.1) is 0 Å². The van der Waals surface area contributed by atoms with Crippen molar-refractivity contribution in [3.05, 3.63) is 0 Å². The number of carboxylic acid groups (broad SMARTS) is 1. The number of carboxylic acids is 1. The molecule has 32 heavy (non-hydrogen) atoms. The van der Waals surface area contributed by atoms with E-state index < -0.39 is 5.97 Å². The summed E-state index contributed by atoms with van der Waals surface area (Å²) in [6.07, 6.45) is 16.6. The van der Waals surface area contributed by atoms with Crippen LogP contribution in [0.4, 0.5) is 0 Å². The number of hydrogen-bond acceptors (Lipinski definition) is 2. The number of aliphatic carboxylic acids is 1. The normalized spacial score (nSPS) is 41.8. The van der Waals surface area contributed by atoms with Crippen LogP contribution in [0, 0.1) is 46.3 Å². The van der Waals surface area contributed by atoms with Crippen LogP contribution in [0.2, 0.25) is 0 Å². The average molecular weight is 446 g/mol. The zero-order valence-corrected chi connectivity index (χ0v) is 20.8. The number of hydrogen-bond donors (Lipinski definition) is 2. The topological polar surface area (TPSA) is 66.4 Å². The Morgan fingerprint density at radius 3 is 2.50 bits per heavy atom. The monoisotopic (exact) mass is 445 g/mol. The van der Waals surface area contributed by atoms with Gasteiger partial charge in [0.15, 0.2) is 0 Å². The molecule has 4 aliphatic carbocycles. The van der Waals surface area contributed by atoms with E-state index in [-0.39, 0.29) is 12.3 Å². The van der Waals surface area contributed by atoms with E-state index in [1.165, 1.54) is 64.2 Å². The molecular formula is C28H47NO3.